The lowest BCUT2D eigenvalue weighted by atomic mass is 10.0. The average molecular weight is 344 g/mol. The smallest absolute Gasteiger partial charge is 0.0722 e. The molecule has 2 aromatic carbocycles. The van der Waals surface area contributed by atoms with Gasteiger partial charge in [0, 0.05) is 28.9 Å². The monoisotopic (exact) mass is 343 g/mol. The lowest BCUT2D eigenvalue weighted by molar-refractivity contribution is 0.641. The van der Waals surface area contributed by atoms with Gasteiger partial charge in [-0.3, -0.25) is 4.68 Å². The number of nitrogens with zero attached hydrogens (tertiary/aromatic N) is 2. The van der Waals surface area contributed by atoms with E-state index in [1.54, 1.807) is 0 Å². The van der Waals surface area contributed by atoms with Crippen LogP contribution in [0.3, 0.4) is 0 Å². The van der Waals surface area contributed by atoms with Crippen molar-refractivity contribution in [2.24, 2.45) is 5.73 Å². The van der Waals surface area contributed by atoms with Crippen molar-refractivity contribution in [3.8, 4) is 0 Å². The second-order valence-electron chi connectivity index (χ2n) is 5.15. The zero-order valence-corrected chi connectivity index (χ0v) is 13.5. The lowest BCUT2D eigenvalue weighted by Crippen LogP contribution is -2.14. The summed E-state index contributed by atoms with van der Waals surface area (Å²) >= 11 is 3.50. The average Bonchev–Trinajstić information content (AvgIpc) is 2.85. The van der Waals surface area contributed by atoms with E-state index in [0.29, 0.717) is 0 Å². The van der Waals surface area contributed by atoms with Gasteiger partial charge in [0.1, 0.15) is 0 Å². The van der Waals surface area contributed by atoms with Crippen LogP contribution in [0.5, 0.6) is 0 Å². The second kappa shape index (κ2) is 6.00. The molecular weight excluding hydrogens is 326 g/mol. The molecule has 3 aromatic rings. The Labute approximate surface area is 132 Å². The second-order valence-corrected chi connectivity index (χ2v) is 6.06. The van der Waals surface area contributed by atoms with Crippen molar-refractivity contribution < 1.29 is 0 Å². The number of hydrogen-bond acceptors (Lipinski definition) is 2. The van der Waals surface area contributed by atoms with E-state index < -0.39 is 0 Å². The number of aryl methyl sites for hydroxylation is 1. The molecule has 4 heteroatoms. The van der Waals surface area contributed by atoms with E-state index in [1.807, 2.05) is 22.9 Å². The van der Waals surface area contributed by atoms with E-state index in [1.165, 1.54) is 10.9 Å². The molecule has 0 radical (unpaired) electrons. The van der Waals surface area contributed by atoms with Crippen molar-refractivity contribution >= 4 is 26.8 Å². The molecule has 0 amide bonds. The summed E-state index contributed by atoms with van der Waals surface area (Å²) in [5.41, 5.74) is 9.74. The summed E-state index contributed by atoms with van der Waals surface area (Å²) in [5.74, 6) is 0. The first-order valence-corrected chi connectivity index (χ1v) is 7.94. The van der Waals surface area contributed by atoms with Crippen LogP contribution in [0.25, 0.3) is 10.9 Å². The van der Waals surface area contributed by atoms with E-state index in [2.05, 4.69) is 53.2 Å². The van der Waals surface area contributed by atoms with Crippen molar-refractivity contribution in [1.29, 1.82) is 0 Å². The fourth-order valence-corrected chi connectivity index (χ4v) is 3.07. The topological polar surface area (TPSA) is 43.8 Å². The van der Waals surface area contributed by atoms with E-state index in [-0.39, 0.29) is 6.04 Å². The largest absolute Gasteiger partial charge is 0.324 e. The zero-order valence-electron chi connectivity index (χ0n) is 12.0. The molecule has 1 aromatic heterocycles. The number of nitrogens with two attached hydrogens (primary N) is 1. The van der Waals surface area contributed by atoms with Gasteiger partial charge in [-0.25, -0.2) is 0 Å². The maximum absolute atomic E-state index is 6.37. The normalized spacial score (nSPS) is 12.7. The van der Waals surface area contributed by atoms with Gasteiger partial charge in [0.2, 0.25) is 0 Å². The molecule has 0 saturated carbocycles. The minimum Gasteiger partial charge on any atom is -0.324 e. The van der Waals surface area contributed by atoms with Crippen LogP contribution in [0.15, 0.2) is 53.0 Å². The van der Waals surface area contributed by atoms with Crippen LogP contribution in [0.2, 0.25) is 0 Å². The maximum atomic E-state index is 6.37. The number of halogens is 1. The molecule has 1 unspecified atom stereocenters. The van der Waals surface area contributed by atoms with Gasteiger partial charge in [0.15, 0.2) is 0 Å². The number of rotatable bonds is 4. The summed E-state index contributed by atoms with van der Waals surface area (Å²) in [6, 6.07) is 16.5. The summed E-state index contributed by atoms with van der Waals surface area (Å²) in [6.45, 7) is 2.98. The molecule has 0 aliphatic carbocycles. The van der Waals surface area contributed by atoms with Gasteiger partial charge in [-0.1, -0.05) is 46.3 Å². The molecule has 1 heterocycles. The van der Waals surface area contributed by atoms with Crippen molar-refractivity contribution in [1.82, 2.24) is 9.78 Å². The summed E-state index contributed by atoms with van der Waals surface area (Å²) < 4.78 is 3.09. The van der Waals surface area contributed by atoms with Crippen LogP contribution >= 0.6 is 15.9 Å². The highest BCUT2D eigenvalue weighted by Gasteiger charge is 2.14. The highest BCUT2D eigenvalue weighted by atomic mass is 79.9. The van der Waals surface area contributed by atoms with Gasteiger partial charge in [0.25, 0.3) is 0 Å². The standard InChI is InChI=1S/C17H18BrN3/c1-2-21-17-9-4-3-8-14(17)16(20-21)11-15(19)12-6-5-7-13(18)10-12/h3-10,15H,2,11,19H2,1H3. The Bertz CT molecular complexity index is 764. The number of benzene rings is 2. The van der Waals surface area contributed by atoms with Crippen LogP contribution < -0.4 is 5.73 Å². The quantitative estimate of drug-likeness (QED) is 0.776. The molecule has 108 valence electrons. The Hall–Kier alpha value is -1.65. The van der Waals surface area contributed by atoms with Crippen LogP contribution in [0.1, 0.15) is 24.2 Å². The molecule has 2 N–H and O–H groups in total. The van der Waals surface area contributed by atoms with Gasteiger partial charge in [-0.05, 0) is 30.7 Å². The summed E-state index contributed by atoms with van der Waals surface area (Å²) in [5, 5.41) is 5.92. The Kier molecular flexibility index (Phi) is 4.08. The molecule has 1 atom stereocenters. The molecule has 0 saturated heterocycles. The summed E-state index contributed by atoms with van der Waals surface area (Å²) in [6.07, 6.45) is 0.740. The third-order valence-corrected chi connectivity index (χ3v) is 4.22. The number of fused-ring (bicyclic) bond motifs is 1. The van der Waals surface area contributed by atoms with Gasteiger partial charge in [0.05, 0.1) is 11.2 Å². The van der Waals surface area contributed by atoms with Gasteiger partial charge in [-0.2, -0.15) is 5.10 Å². The maximum Gasteiger partial charge on any atom is 0.0722 e. The molecule has 0 aliphatic heterocycles. The van der Waals surface area contributed by atoms with Crippen molar-refractivity contribution in [3.63, 3.8) is 0 Å². The van der Waals surface area contributed by atoms with Crippen LogP contribution in [-0.2, 0) is 13.0 Å². The Balaban J connectivity index is 1.94. The molecule has 0 bridgehead atoms. The van der Waals surface area contributed by atoms with Crippen LogP contribution in [0.4, 0.5) is 0 Å². The highest BCUT2D eigenvalue weighted by Crippen LogP contribution is 2.24. The third-order valence-electron chi connectivity index (χ3n) is 3.72. The number of aromatic nitrogens is 2. The van der Waals surface area contributed by atoms with E-state index in [0.717, 1.165) is 28.7 Å². The molecule has 3 nitrogen and oxygen atoms in total. The van der Waals surface area contributed by atoms with Gasteiger partial charge in [-0.15, -0.1) is 0 Å². The van der Waals surface area contributed by atoms with E-state index in [9.17, 15) is 0 Å². The summed E-state index contributed by atoms with van der Waals surface area (Å²) in [7, 11) is 0. The van der Waals surface area contributed by atoms with Crippen molar-refractivity contribution in [2.75, 3.05) is 0 Å². The molecule has 0 fully saturated rings. The van der Waals surface area contributed by atoms with Crippen molar-refractivity contribution in [3.05, 3.63) is 64.3 Å². The predicted molar refractivity (Wildman–Crippen MR) is 90.2 cm³/mol. The fraction of sp³-hybridized carbons (Fsp3) is 0.235. The minimum atomic E-state index is -0.0499. The SMILES string of the molecule is CCn1nc(CC(N)c2cccc(Br)c2)c2ccccc21. The Morgan fingerprint density at radius 1 is 1.19 bits per heavy atom. The van der Waals surface area contributed by atoms with Gasteiger partial charge < -0.3 is 5.73 Å². The zero-order chi connectivity index (χ0) is 14.8. The first kappa shape index (κ1) is 14.3. The lowest BCUT2D eigenvalue weighted by Gasteiger charge is -2.11. The molecular formula is C17H18BrN3. The molecule has 3 rings (SSSR count). The first-order chi connectivity index (χ1) is 10.2. The molecule has 0 aliphatic rings. The van der Waals surface area contributed by atoms with Crippen molar-refractivity contribution in [2.45, 2.75) is 25.9 Å². The molecule has 21 heavy (non-hydrogen) atoms. The Morgan fingerprint density at radius 3 is 2.76 bits per heavy atom. The first-order valence-electron chi connectivity index (χ1n) is 7.14. The van der Waals surface area contributed by atoms with E-state index >= 15 is 0 Å². The fourth-order valence-electron chi connectivity index (χ4n) is 2.65. The molecule has 0 spiro atoms. The highest BCUT2D eigenvalue weighted by molar-refractivity contribution is 9.10. The van der Waals surface area contributed by atoms with E-state index in [4.69, 9.17) is 10.8 Å². The minimum absolute atomic E-state index is 0.0499. The Morgan fingerprint density at radius 2 is 2.00 bits per heavy atom. The van der Waals surface area contributed by atoms with Crippen LogP contribution in [-0.4, -0.2) is 9.78 Å². The predicted octanol–water partition coefficient (Wildman–Crippen LogP) is 4.06. The van der Waals surface area contributed by atoms with Crippen LogP contribution in [0, 0.1) is 0 Å². The van der Waals surface area contributed by atoms with Gasteiger partial charge >= 0.3 is 0 Å². The summed E-state index contributed by atoms with van der Waals surface area (Å²) in [4.78, 5) is 0. The third kappa shape index (κ3) is 2.87. The number of para-hydroxylation sites is 1. The number of hydrogen-bond donors (Lipinski definition) is 1.